The molecule has 0 radical (unpaired) electrons. The lowest BCUT2D eigenvalue weighted by Crippen LogP contribution is -2.49. The fraction of sp³-hybridized carbons (Fsp3) is 0.625. The normalized spacial score (nSPS) is 24.3. The Bertz CT molecular complexity index is 861. The summed E-state index contributed by atoms with van der Waals surface area (Å²) in [5.41, 5.74) is 4.26. The van der Waals surface area contributed by atoms with Gasteiger partial charge >= 0.3 is 0 Å². The van der Waals surface area contributed by atoms with Gasteiger partial charge in [-0.3, -0.25) is 9.69 Å². The lowest BCUT2D eigenvalue weighted by Gasteiger charge is -2.52. The SMILES string of the molecule is CCN(CCO)C(=O)CC[C@@]1(CC)CCCN2CCc3c([nH]c4ccccc34)[C@@H]21. The van der Waals surface area contributed by atoms with E-state index < -0.39 is 0 Å². The van der Waals surface area contributed by atoms with Crippen LogP contribution < -0.4 is 0 Å². The minimum absolute atomic E-state index is 0.0350. The number of hydrogen-bond acceptors (Lipinski definition) is 3. The van der Waals surface area contributed by atoms with Gasteiger partial charge in [-0.1, -0.05) is 25.1 Å². The monoisotopic (exact) mass is 397 g/mol. The molecule has 1 amide bonds. The number of carbonyl (C=O) groups excluding carboxylic acids is 1. The van der Waals surface area contributed by atoms with Crippen molar-refractivity contribution in [3.8, 4) is 0 Å². The zero-order valence-corrected chi connectivity index (χ0v) is 17.9. The number of benzene rings is 1. The molecule has 2 aromatic rings. The summed E-state index contributed by atoms with van der Waals surface area (Å²) < 4.78 is 0. The molecule has 3 heterocycles. The first-order chi connectivity index (χ1) is 14.1. The van der Waals surface area contributed by atoms with Gasteiger partial charge in [-0.25, -0.2) is 0 Å². The summed E-state index contributed by atoms with van der Waals surface area (Å²) in [4.78, 5) is 21.0. The van der Waals surface area contributed by atoms with Crippen LogP contribution in [0, 0.1) is 5.41 Å². The first-order valence-electron chi connectivity index (χ1n) is 11.4. The Morgan fingerprint density at radius 1 is 1.31 bits per heavy atom. The number of aliphatic hydroxyl groups is 1. The molecule has 0 bridgehead atoms. The number of nitrogens with one attached hydrogen (secondary N) is 1. The van der Waals surface area contributed by atoms with Gasteiger partial charge < -0.3 is 15.0 Å². The number of carbonyl (C=O) groups is 1. The largest absolute Gasteiger partial charge is 0.395 e. The number of fused-ring (bicyclic) bond motifs is 5. The van der Waals surface area contributed by atoms with E-state index in [1.807, 2.05) is 6.92 Å². The Labute approximate surface area is 174 Å². The molecule has 29 heavy (non-hydrogen) atoms. The van der Waals surface area contributed by atoms with E-state index in [1.165, 1.54) is 35.0 Å². The predicted octanol–water partition coefficient (Wildman–Crippen LogP) is 3.88. The number of aromatic nitrogens is 1. The number of hydrogen-bond donors (Lipinski definition) is 2. The van der Waals surface area contributed by atoms with Gasteiger partial charge in [0.05, 0.1) is 12.6 Å². The molecule has 0 aliphatic carbocycles. The molecule has 1 aromatic heterocycles. The minimum Gasteiger partial charge on any atom is -0.395 e. The van der Waals surface area contributed by atoms with E-state index in [0.29, 0.717) is 25.6 Å². The lowest BCUT2D eigenvalue weighted by atomic mass is 9.65. The third-order valence-corrected chi connectivity index (χ3v) is 7.48. The van der Waals surface area contributed by atoms with Crippen LogP contribution >= 0.6 is 0 Å². The molecular weight excluding hydrogens is 362 g/mol. The number of aliphatic hydroxyl groups excluding tert-OH is 1. The zero-order valence-electron chi connectivity index (χ0n) is 17.9. The van der Waals surface area contributed by atoms with Crippen molar-refractivity contribution >= 4 is 16.8 Å². The molecule has 0 unspecified atom stereocenters. The number of piperidine rings is 1. The quantitative estimate of drug-likeness (QED) is 0.745. The highest BCUT2D eigenvalue weighted by Crippen LogP contribution is 2.53. The molecule has 5 nitrogen and oxygen atoms in total. The number of rotatable bonds is 7. The third-order valence-electron chi connectivity index (χ3n) is 7.48. The molecule has 2 aliphatic heterocycles. The maximum absolute atomic E-state index is 12.8. The summed E-state index contributed by atoms with van der Waals surface area (Å²) in [6, 6.07) is 9.05. The zero-order chi connectivity index (χ0) is 20.4. The third kappa shape index (κ3) is 3.59. The predicted molar refractivity (Wildman–Crippen MR) is 117 cm³/mol. The number of amides is 1. The van der Waals surface area contributed by atoms with Gasteiger partial charge in [0.25, 0.3) is 0 Å². The summed E-state index contributed by atoms with van der Waals surface area (Å²) in [5, 5.41) is 10.6. The summed E-state index contributed by atoms with van der Waals surface area (Å²) in [6.07, 6.45) is 6.07. The van der Waals surface area contributed by atoms with E-state index in [-0.39, 0.29) is 17.9 Å². The van der Waals surface area contributed by atoms with Crippen LogP contribution in [0.15, 0.2) is 24.3 Å². The molecule has 0 saturated carbocycles. The van der Waals surface area contributed by atoms with E-state index in [4.69, 9.17) is 0 Å². The minimum atomic E-state index is 0.0350. The Balaban J connectivity index is 1.65. The second kappa shape index (κ2) is 8.49. The smallest absolute Gasteiger partial charge is 0.222 e. The van der Waals surface area contributed by atoms with Crippen molar-refractivity contribution < 1.29 is 9.90 Å². The van der Waals surface area contributed by atoms with Crippen molar-refractivity contribution in [1.82, 2.24) is 14.8 Å². The van der Waals surface area contributed by atoms with E-state index in [1.54, 1.807) is 4.90 Å². The average molecular weight is 398 g/mol. The molecule has 5 heteroatoms. The van der Waals surface area contributed by atoms with Crippen LogP contribution in [-0.4, -0.2) is 58.6 Å². The number of likely N-dealkylation sites (N-methyl/N-ethyl adjacent to an activating group) is 1. The summed E-state index contributed by atoms with van der Waals surface area (Å²) in [5.74, 6) is 0.180. The van der Waals surface area contributed by atoms with Crippen molar-refractivity contribution in [2.75, 3.05) is 32.8 Å². The van der Waals surface area contributed by atoms with E-state index in [2.05, 4.69) is 41.1 Å². The summed E-state index contributed by atoms with van der Waals surface area (Å²) >= 11 is 0. The van der Waals surface area contributed by atoms with Crippen LogP contribution in [0.25, 0.3) is 10.9 Å². The highest BCUT2D eigenvalue weighted by Gasteiger charge is 2.47. The molecule has 1 fully saturated rings. The Hall–Kier alpha value is -1.85. The summed E-state index contributed by atoms with van der Waals surface area (Å²) in [6.45, 7) is 7.70. The van der Waals surface area contributed by atoms with Gasteiger partial charge in [0.15, 0.2) is 0 Å². The van der Waals surface area contributed by atoms with Gasteiger partial charge in [0.1, 0.15) is 0 Å². The van der Waals surface area contributed by atoms with E-state index >= 15 is 0 Å². The fourth-order valence-electron chi connectivity index (χ4n) is 5.90. The van der Waals surface area contributed by atoms with Gasteiger partial charge in [0, 0.05) is 42.7 Å². The van der Waals surface area contributed by atoms with Crippen molar-refractivity contribution in [3.05, 3.63) is 35.5 Å². The van der Waals surface area contributed by atoms with Crippen LogP contribution in [0.1, 0.15) is 63.3 Å². The Kier molecular flexibility index (Phi) is 5.98. The first kappa shape index (κ1) is 20.4. The number of para-hydroxylation sites is 1. The molecule has 158 valence electrons. The molecule has 4 rings (SSSR count). The van der Waals surface area contributed by atoms with Crippen LogP contribution in [-0.2, 0) is 11.2 Å². The van der Waals surface area contributed by atoms with Crippen molar-refractivity contribution in [1.29, 1.82) is 0 Å². The van der Waals surface area contributed by atoms with Crippen LogP contribution in [0.4, 0.5) is 0 Å². The molecule has 1 aromatic carbocycles. The maximum Gasteiger partial charge on any atom is 0.222 e. The molecule has 2 atom stereocenters. The number of H-pyrrole nitrogens is 1. The van der Waals surface area contributed by atoms with Gasteiger partial charge in [-0.15, -0.1) is 0 Å². The average Bonchev–Trinajstić information content (AvgIpc) is 3.14. The molecular formula is C24H35N3O2. The van der Waals surface area contributed by atoms with Gasteiger partial charge in [-0.05, 0) is 62.6 Å². The van der Waals surface area contributed by atoms with Gasteiger partial charge in [-0.2, -0.15) is 0 Å². The lowest BCUT2D eigenvalue weighted by molar-refractivity contribution is -0.133. The highest BCUT2D eigenvalue weighted by atomic mass is 16.3. The van der Waals surface area contributed by atoms with Crippen LogP contribution in [0.5, 0.6) is 0 Å². The standard InChI is InChI=1S/C24H35N3O2/c1-3-24(13-10-21(29)26(4-2)16-17-28)12-7-14-27-15-11-19-18-8-5-6-9-20(18)25-22(19)23(24)27/h5-6,8-9,23,25,28H,3-4,7,10-17H2,1-2H3/t23-,24-/m1/s1. The molecule has 2 aliphatic rings. The van der Waals surface area contributed by atoms with E-state index in [9.17, 15) is 9.90 Å². The maximum atomic E-state index is 12.8. The molecule has 2 N–H and O–H groups in total. The molecule has 0 spiro atoms. The second-order valence-corrected chi connectivity index (χ2v) is 8.77. The van der Waals surface area contributed by atoms with E-state index in [0.717, 1.165) is 32.4 Å². The summed E-state index contributed by atoms with van der Waals surface area (Å²) in [7, 11) is 0. The van der Waals surface area contributed by atoms with Crippen LogP contribution in [0.2, 0.25) is 0 Å². The number of aromatic amines is 1. The Morgan fingerprint density at radius 2 is 2.14 bits per heavy atom. The van der Waals surface area contributed by atoms with Gasteiger partial charge in [0.2, 0.25) is 5.91 Å². The number of nitrogens with zero attached hydrogens (tertiary/aromatic N) is 2. The molecule has 1 saturated heterocycles. The van der Waals surface area contributed by atoms with Crippen molar-refractivity contribution in [3.63, 3.8) is 0 Å². The van der Waals surface area contributed by atoms with Crippen molar-refractivity contribution in [2.45, 2.75) is 58.4 Å². The first-order valence-corrected chi connectivity index (χ1v) is 11.4. The fourth-order valence-corrected chi connectivity index (χ4v) is 5.90. The topological polar surface area (TPSA) is 59.6 Å². The Morgan fingerprint density at radius 3 is 2.90 bits per heavy atom. The highest BCUT2D eigenvalue weighted by molar-refractivity contribution is 5.85. The second-order valence-electron chi connectivity index (χ2n) is 8.77. The van der Waals surface area contributed by atoms with Crippen LogP contribution in [0.3, 0.4) is 0 Å². The van der Waals surface area contributed by atoms with Crippen molar-refractivity contribution in [2.24, 2.45) is 5.41 Å².